The maximum absolute atomic E-state index is 12.3. The lowest BCUT2D eigenvalue weighted by atomic mass is 9.98. The molecule has 0 radical (unpaired) electrons. The molecule has 2 atom stereocenters. The quantitative estimate of drug-likeness (QED) is 0.768. The Morgan fingerprint density at radius 1 is 1.42 bits per heavy atom. The number of esters is 1. The highest BCUT2D eigenvalue weighted by molar-refractivity contribution is 5.79. The van der Waals surface area contributed by atoms with Crippen molar-refractivity contribution < 1.29 is 9.53 Å². The van der Waals surface area contributed by atoms with E-state index in [0.717, 1.165) is 36.2 Å². The van der Waals surface area contributed by atoms with Crippen LogP contribution >= 0.6 is 0 Å². The van der Waals surface area contributed by atoms with Crippen LogP contribution in [0.15, 0.2) is 24.5 Å². The van der Waals surface area contributed by atoms with Crippen LogP contribution in [0.1, 0.15) is 31.5 Å². The Hall–Kier alpha value is -2.54. The van der Waals surface area contributed by atoms with E-state index in [0.29, 0.717) is 18.2 Å². The number of rotatable bonds is 6. The Morgan fingerprint density at radius 2 is 2.27 bits per heavy atom. The molecule has 7 nitrogen and oxygen atoms in total. The van der Waals surface area contributed by atoms with E-state index in [9.17, 15) is 4.79 Å². The fourth-order valence-corrected chi connectivity index (χ4v) is 3.05. The maximum atomic E-state index is 12.3. The minimum atomic E-state index is -0.444. The van der Waals surface area contributed by atoms with Gasteiger partial charge < -0.3 is 15.4 Å². The van der Waals surface area contributed by atoms with Gasteiger partial charge in [-0.2, -0.15) is 0 Å². The van der Waals surface area contributed by atoms with Crippen LogP contribution in [0, 0.1) is 5.92 Å². The Kier molecular flexibility index (Phi) is 5.78. The molecular formula is C19H25N5O2. The van der Waals surface area contributed by atoms with Crippen molar-refractivity contribution >= 4 is 11.8 Å². The van der Waals surface area contributed by atoms with Crippen LogP contribution in [0.4, 0.5) is 5.82 Å². The van der Waals surface area contributed by atoms with Gasteiger partial charge in [-0.3, -0.25) is 4.98 Å². The highest BCUT2D eigenvalue weighted by Crippen LogP contribution is 2.26. The third kappa shape index (κ3) is 3.83. The van der Waals surface area contributed by atoms with Gasteiger partial charge in [0, 0.05) is 30.1 Å². The van der Waals surface area contributed by atoms with Gasteiger partial charge in [0.15, 0.2) is 5.82 Å². The van der Waals surface area contributed by atoms with E-state index in [1.807, 2.05) is 19.1 Å². The molecule has 0 spiro atoms. The van der Waals surface area contributed by atoms with E-state index in [2.05, 4.69) is 22.5 Å². The molecule has 0 aromatic carbocycles. The highest BCUT2D eigenvalue weighted by atomic mass is 16.5. The van der Waals surface area contributed by atoms with Crippen LogP contribution in [0.3, 0.4) is 0 Å². The molecule has 2 aromatic rings. The van der Waals surface area contributed by atoms with Gasteiger partial charge in [-0.05, 0) is 31.0 Å². The van der Waals surface area contributed by atoms with Gasteiger partial charge in [0.1, 0.15) is 11.9 Å². The maximum Gasteiger partial charge on any atom is 0.328 e. The lowest BCUT2D eigenvalue weighted by molar-refractivity contribution is -0.142. The van der Waals surface area contributed by atoms with Crippen molar-refractivity contribution in [1.29, 1.82) is 0 Å². The van der Waals surface area contributed by atoms with Crippen LogP contribution in [0.25, 0.3) is 11.4 Å². The summed E-state index contributed by atoms with van der Waals surface area (Å²) in [6.07, 6.45) is 5.14. The summed E-state index contributed by atoms with van der Waals surface area (Å²) in [5, 5.41) is 6.69. The standard InChI is InChI=1S/C19H25N5O2/c1-4-12(2)16(19(25)26-3)23-18-14-7-9-21-11-15(14)22-17(24-18)13-6-5-8-20-10-13/h5-6,8,10,12,16,21H,4,7,9,11H2,1-3H3,(H,22,23,24). The minimum Gasteiger partial charge on any atom is -0.467 e. The van der Waals surface area contributed by atoms with Crippen molar-refractivity contribution in [1.82, 2.24) is 20.3 Å². The van der Waals surface area contributed by atoms with Crippen molar-refractivity contribution in [2.75, 3.05) is 19.0 Å². The Labute approximate surface area is 153 Å². The molecule has 0 saturated carbocycles. The zero-order valence-corrected chi connectivity index (χ0v) is 15.5. The second kappa shape index (κ2) is 8.23. The second-order valence-electron chi connectivity index (χ2n) is 6.52. The van der Waals surface area contributed by atoms with E-state index in [4.69, 9.17) is 14.7 Å². The largest absolute Gasteiger partial charge is 0.467 e. The molecule has 3 heterocycles. The van der Waals surface area contributed by atoms with Gasteiger partial charge in [-0.25, -0.2) is 14.8 Å². The molecule has 7 heteroatoms. The first-order valence-electron chi connectivity index (χ1n) is 8.99. The molecule has 138 valence electrons. The van der Waals surface area contributed by atoms with Crippen LogP contribution in [-0.4, -0.2) is 40.6 Å². The van der Waals surface area contributed by atoms with Crippen LogP contribution in [-0.2, 0) is 22.5 Å². The SMILES string of the molecule is CCC(C)C(Nc1nc(-c2cccnc2)nc2c1CCNC2)C(=O)OC. The summed E-state index contributed by atoms with van der Waals surface area (Å²) in [6, 6.07) is 3.35. The normalized spacial score (nSPS) is 15.7. The number of nitrogens with zero attached hydrogens (tertiary/aromatic N) is 3. The van der Waals surface area contributed by atoms with Crippen molar-refractivity contribution in [3.05, 3.63) is 35.8 Å². The van der Waals surface area contributed by atoms with E-state index in [1.54, 1.807) is 12.4 Å². The van der Waals surface area contributed by atoms with Crippen LogP contribution in [0.2, 0.25) is 0 Å². The number of methoxy groups -OCH3 is 1. The summed E-state index contributed by atoms with van der Waals surface area (Å²) in [5.74, 6) is 1.17. The van der Waals surface area contributed by atoms with Gasteiger partial charge in [-0.15, -0.1) is 0 Å². The van der Waals surface area contributed by atoms with Crippen molar-refractivity contribution in [2.45, 2.75) is 39.3 Å². The molecule has 3 rings (SSSR count). The number of carbonyl (C=O) groups excluding carboxylic acids is 1. The first kappa shape index (κ1) is 18.3. The Bertz CT molecular complexity index is 766. The van der Waals surface area contributed by atoms with E-state index >= 15 is 0 Å². The minimum absolute atomic E-state index is 0.122. The summed E-state index contributed by atoms with van der Waals surface area (Å²) in [7, 11) is 1.42. The lowest BCUT2D eigenvalue weighted by Crippen LogP contribution is -2.38. The topological polar surface area (TPSA) is 89.0 Å². The fraction of sp³-hybridized carbons (Fsp3) is 0.474. The zero-order chi connectivity index (χ0) is 18.5. The number of hydrogen-bond donors (Lipinski definition) is 2. The molecule has 26 heavy (non-hydrogen) atoms. The predicted molar refractivity (Wildman–Crippen MR) is 99.6 cm³/mol. The van der Waals surface area contributed by atoms with Crippen molar-refractivity contribution in [2.24, 2.45) is 5.92 Å². The van der Waals surface area contributed by atoms with Gasteiger partial charge in [0.2, 0.25) is 0 Å². The van der Waals surface area contributed by atoms with Gasteiger partial charge >= 0.3 is 5.97 Å². The van der Waals surface area contributed by atoms with E-state index in [1.165, 1.54) is 7.11 Å². The molecule has 0 aliphatic carbocycles. The average molecular weight is 355 g/mol. The Morgan fingerprint density at radius 3 is 2.96 bits per heavy atom. The number of pyridine rings is 1. The molecule has 2 N–H and O–H groups in total. The number of carbonyl (C=O) groups is 1. The number of aromatic nitrogens is 3. The number of fused-ring (bicyclic) bond motifs is 1. The second-order valence-corrected chi connectivity index (χ2v) is 6.52. The molecular weight excluding hydrogens is 330 g/mol. The summed E-state index contributed by atoms with van der Waals surface area (Å²) in [4.78, 5) is 25.9. The summed E-state index contributed by atoms with van der Waals surface area (Å²) in [6.45, 7) is 5.64. The molecule has 0 fully saturated rings. The molecule has 2 unspecified atom stereocenters. The van der Waals surface area contributed by atoms with E-state index < -0.39 is 6.04 Å². The smallest absolute Gasteiger partial charge is 0.328 e. The molecule has 1 aliphatic heterocycles. The number of nitrogens with one attached hydrogen (secondary N) is 2. The molecule has 2 aromatic heterocycles. The third-order valence-corrected chi connectivity index (χ3v) is 4.82. The number of ether oxygens (including phenoxy) is 1. The summed E-state index contributed by atoms with van der Waals surface area (Å²) in [5.41, 5.74) is 2.87. The Balaban J connectivity index is 2.02. The van der Waals surface area contributed by atoms with Crippen LogP contribution < -0.4 is 10.6 Å². The van der Waals surface area contributed by atoms with Gasteiger partial charge in [0.25, 0.3) is 0 Å². The average Bonchev–Trinajstić information content (AvgIpc) is 2.71. The first-order chi connectivity index (χ1) is 12.6. The molecule has 0 amide bonds. The molecule has 0 saturated heterocycles. The molecule has 1 aliphatic rings. The van der Waals surface area contributed by atoms with E-state index in [-0.39, 0.29) is 11.9 Å². The van der Waals surface area contributed by atoms with Crippen molar-refractivity contribution in [3.63, 3.8) is 0 Å². The van der Waals surface area contributed by atoms with Crippen molar-refractivity contribution in [3.8, 4) is 11.4 Å². The lowest BCUT2D eigenvalue weighted by Gasteiger charge is -2.26. The summed E-state index contributed by atoms with van der Waals surface area (Å²) >= 11 is 0. The monoisotopic (exact) mass is 355 g/mol. The predicted octanol–water partition coefficient (Wildman–Crippen LogP) is 2.18. The highest BCUT2D eigenvalue weighted by Gasteiger charge is 2.28. The summed E-state index contributed by atoms with van der Waals surface area (Å²) < 4.78 is 5.00. The number of anilines is 1. The fourth-order valence-electron chi connectivity index (χ4n) is 3.05. The van der Waals surface area contributed by atoms with Gasteiger partial charge in [-0.1, -0.05) is 20.3 Å². The van der Waals surface area contributed by atoms with Crippen LogP contribution in [0.5, 0.6) is 0 Å². The first-order valence-corrected chi connectivity index (χ1v) is 8.99. The zero-order valence-electron chi connectivity index (χ0n) is 15.5. The molecule has 0 bridgehead atoms. The number of hydrogen-bond acceptors (Lipinski definition) is 7. The third-order valence-electron chi connectivity index (χ3n) is 4.82. The van der Waals surface area contributed by atoms with Gasteiger partial charge in [0.05, 0.1) is 12.8 Å².